The molecule has 0 saturated heterocycles. The van der Waals surface area contributed by atoms with E-state index < -0.39 is 0 Å². The Morgan fingerprint density at radius 1 is 1.05 bits per heavy atom. The number of nitrogens with one attached hydrogen (secondary N) is 1. The smallest absolute Gasteiger partial charge is 0.162 e. The Labute approximate surface area is 127 Å². The van der Waals surface area contributed by atoms with Gasteiger partial charge in [-0.3, -0.25) is 0 Å². The van der Waals surface area contributed by atoms with Crippen LogP contribution in [0.3, 0.4) is 0 Å². The molecule has 0 fully saturated rings. The minimum atomic E-state index is 0.624. The fourth-order valence-electron chi connectivity index (χ4n) is 1.85. The summed E-state index contributed by atoms with van der Waals surface area (Å²) in [6.07, 6.45) is 0. The van der Waals surface area contributed by atoms with Crippen molar-refractivity contribution in [3.63, 3.8) is 0 Å². The minimum absolute atomic E-state index is 0.624. The van der Waals surface area contributed by atoms with E-state index in [-0.39, 0.29) is 0 Å². The fourth-order valence-corrected chi connectivity index (χ4v) is 2.11. The lowest BCUT2D eigenvalue weighted by Crippen LogP contribution is -2.03. The van der Waals surface area contributed by atoms with Gasteiger partial charge in [0.05, 0.1) is 25.6 Å². The molecular formula is C15H17BrN2O2. The SMILES string of the molecule is COc1cc(N)c(NCc2ccc(Br)cc2)cc1OC. The molecule has 0 unspecified atom stereocenters. The van der Waals surface area contributed by atoms with Crippen LogP contribution >= 0.6 is 15.9 Å². The van der Waals surface area contributed by atoms with Crippen molar-refractivity contribution >= 4 is 27.3 Å². The molecule has 2 rings (SSSR count). The molecule has 106 valence electrons. The number of hydrogen-bond donors (Lipinski definition) is 2. The molecule has 0 aliphatic carbocycles. The van der Waals surface area contributed by atoms with Crippen LogP contribution in [-0.4, -0.2) is 14.2 Å². The predicted octanol–water partition coefficient (Wildman–Crippen LogP) is 3.66. The first-order chi connectivity index (χ1) is 9.63. The van der Waals surface area contributed by atoms with Crippen molar-refractivity contribution in [2.24, 2.45) is 0 Å². The minimum Gasteiger partial charge on any atom is -0.493 e. The van der Waals surface area contributed by atoms with Gasteiger partial charge < -0.3 is 20.5 Å². The number of halogens is 1. The number of methoxy groups -OCH3 is 2. The van der Waals surface area contributed by atoms with Crippen molar-refractivity contribution in [3.8, 4) is 11.5 Å². The first-order valence-corrected chi connectivity index (χ1v) is 6.93. The summed E-state index contributed by atoms with van der Waals surface area (Å²) in [5, 5.41) is 3.30. The maximum atomic E-state index is 6.00. The van der Waals surface area contributed by atoms with Crippen molar-refractivity contribution < 1.29 is 9.47 Å². The van der Waals surface area contributed by atoms with Gasteiger partial charge in [-0.05, 0) is 17.7 Å². The van der Waals surface area contributed by atoms with Crippen LogP contribution in [0.15, 0.2) is 40.9 Å². The highest BCUT2D eigenvalue weighted by atomic mass is 79.9. The second kappa shape index (κ2) is 6.52. The molecule has 20 heavy (non-hydrogen) atoms. The first-order valence-electron chi connectivity index (χ1n) is 6.14. The van der Waals surface area contributed by atoms with Crippen LogP contribution in [0.1, 0.15) is 5.56 Å². The first kappa shape index (κ1) is 14.5. The van der Waals surface area contributed by atoms with Gasteiger partial charge in [0, 0.05) is 23.2 Å². The van der Waals surface area contributed by atoms with Crippen LogP contribution in [0.2, 0.25) is 0 Å². The molecule has 0 spiro atoms. The Balaban J connectivity index is 2.14. The summed E-state index contributed by atoms with van der Waals surface area (Å²) in [5.74, 6) is 1.28. The van der Waals surface area contributed by atoms with E-state index in [9.17, 15) is 0 Å². The monoisotopic (exact) mass is 336 g/mol. The molecule has 0 aliphatic rings. The zero-order valence-electron chi connectivity index (χ0n) is 11.4. The van der Waals surface area contributed by atoms with Gasteiger partial charge in [-0.1, -0.05) is 28.1 Å². The van der Waals surface area contributed by atoms with Crippen LogP contribution < -0.4 is 20.5 Å². The van der Waals surface area contributed by atoms with E-state index in [1.165, 1.54) is 5.56 Å². The van der Waals surface area contributed by atoms with Crippen LogP contribution in [0.5, 0.6) is 11.5 Å². The normalized spacial score (nSPS) is 10.2. The van der Waals surface area contributed by atoms with E-state index >= 15 is 0 Å². The van der Waals surface area contributed by atoms with Crippen molar-refractivity contribution in [3.05, 3.63) is 46.4 Å². The molecule has 3 N–H and O–H groups in total. The summed E-state index contributed by atoms with van der Waals surface area (Å²) in [4.78, 5) is 0. The van der Waals surface area contributed by atoms with Gasteiger partial charge in [0.1, 0.15) is 0 Å². The standard InChI is InChI=1S/C15H17BrN2O2/c1-19-14-7-12(17)13(8-15(14)20-2)18-9-10-3-5-11(16)6-4-10/h3-8,18H,9,17H2,1-2H3. The van der Waals surface area contributed by atoms with Gasteiger partial charge >= 0.3 is 0 Å². The number of nitrogens with two attached hydrogens (primary N) is 1. The van der Waals surface area contributed by atoms with Crippen LogP contribution in [-0.2, 0) is 6.54 Å². The van der Waals surface area contributed by atoms with Crippen molar-refractivity contribution in [2.75, 3.05) is 25.3 Å². The van der Waals surface area contributed by atoms with Crippen LogP contribution in [0.25, 0.3) is 0 Å². The topological polar surface area (TPSA) is 56.5 Å². The zero-order chi connectivity index (χ0) is 14.5. The quantitative estimate of drug-likeness (QED) is 0.818. The number of ether oxygens (including phenoxy) is 2. The Morgan fingerprint density at radius 3 is 2.25 bits per heavy atom. The number of hydrogen-bond acceptors (Lipinski definition) is 4. The molecule has 0 aromatic heterocycles. The number of anilines is 2. The predicted molar refractivity (Wildman–Crippen MR) is 85.4 cm³/mol. The zero-order valence-corrected chi connectivity index (χ0v) is 13.0. The van der Waals surface area contributed by atoms with E-state index in [0.29, 0.717) is 23.7 Å². The third-order valence-electron chi connectivity index (χ3n) is 2.95. The molecule has 0 radical (unpaired) electrons. The Bertz CT molecular complexity index is 585. The lowest BCUT2D eigenvalue weighted by atomic mass is 10.2. The molecule has 0 heterocycles. The summed E-state index contributed by atoms with van der Waals surface area (Å²) in [6.45, 7) is 0.687. The maximum Gasteiger partial charge on any atom is 0.162 e. The van der Waals surface area contributed by atoms with Gasteiger partial charge in [-0.25, -0.2) is 0 Å². The van der Waals surface area contributed by atoms with Crippen LogP contribution in [0.4, 0.5) is 11.4 Å². The molecule has 0 bridgehead atoms. The third-order valence-corrected chi connectivity index (χ3v) is 3.48. The lowest BCUT2D eigenvalue weighted by Gasteiger charge is -2.14. The lowest BCUT2D eigenvalue weighted by molar-refractivity contribution is 0.355. The maximum absolute atomic E-state index is 6.00. The molecule has 0 aliphatic heterocycles. The van der Waals surface area contributed by atoms with E-state index in [2.05, 4.69) is 21.2 Å². The molecular weight excluding hydrogens is 320 g/mol. The summed E-state index contributed by atoms with van der Waals surface area (Å²) >= 11 is 3.42. The highest BCUT2D eigenvalue weighted by Crippen LogP contribution is 2.34. The summed E-state index contributed by atoms with van der Waals surface area (Å²) in [6, 6.07) is 11.7. The van der Waals surface area contributed by atoms with E-state index in [1.807, 2.05) is 30.3 Å². The van der Waals surface area contributed by atoms with Crippen LogP contribution in [0, 0.1) is 0 Å². The highest BCUT2D eigenvalue weighted by Gasteiger charge is 2.08. The van der Waals surface area contributed by atoms with Gasteiger partial charge in [0.2, 0.25) is 0 Å². The molecule has 0 amide bonds. The van der Waals surface area contributed by atoms with Crippen molar-refractivity contribution in [2.45, 2.75) is 6.54 Å². The molecule has 0 atom stereocenters. The van der Waals surface area contributed by atoms with E-state index in [4.69, 9.17) is 15.2 Å². The average Bonchev–Trinajstić information content (AvgIpc) is 2.47. The molecule has 2 aromatic rings. The van der Waals surface area contributed by atoms with Gasteiger partial charge in [-0.15, -0.1) is 0 Å². The van der Waals surface area contributed by atoms with Crippen molar-refractivity contribution in [1.82, 2.24) is 0 Å². The van der Waals surface area contributed by atoms with E-state index in [1.54, 1.807) is 20.3 Å². The number of nitrogen functional groups attached to an aromatic ring is 1. The van der Waals surface area contributed by atoms with E-state index in [0.717, 1.165) is 10.2 Å². The molecule has 4 nitrogen and oxygen atoms in total. The van der Waals surface area contributed by atoms with Crippen molar-refractivity contribution in [1.29, 1.82) is 0 Å². The molecule has 0 saturated carbocycles. The second-order valence-corrected chi connectivity index (χ2v) is 5.19. The Kier molecular flexibility index (Phi) is 4.74. The summed E-state index contributed by atoms with van der Waals surface area (Å²) in [5.41, 5.74) is 8.62. The third kappa shape index (κ3) is 3.36. The molecule has 2 aromatic carbocycles. The summed E-state index contributed by atoms with van der Waals surface area (Å²) < 4.78 is 11.5. The second-order valence-electron chi connectivity index (χ2n) is 4.27. The largest absolute Gasteiger partial charge is 0.493 e. The van der Waals surface area contributed by atoms with Gasteiger partial charge in [0.15, 0.2) is 11.5 Å². The fraction of sp³-hybridized carbons (Fsp3) is 0.200. The average molecular weight is 337 g/mol. The highest BCUT2D eigenvalue weighted by molar-refractivity contribution is 9.10. The number of rotatable bonds is 5. The molecule has 5 heteroatoms. The van der Waals surface area contributed by atoms with Gasteiger partial charge in [-0.2, -0.15) is 0 Å². The summed E-state index contributed by atoms with van der Waals surface area (Å²) in [7, 11) is 3.19. The number of benzene rings is 2. The Morgan fingerprint density at radius 2 is 1.65 bits per heavy atom. The Hall–Kier alpha value is -1.88. The van der Waals surface area contributed by atoms with Gasteiger partial charge in [0.25, 0.3) is 0 Å².